The van der Waals surface area contributed by atoms with Gasteiger partial charge in [0.05, 0.1) is 17.7 Å². The van der Waals surface area contributed by atoms with Crippen molar-refractivity contribution in [3.8, 4) is 6.07 Å². The van der Waals surface area contributed by atoms with Gasteiger partial charge in [0.1, 0.15) is 11.8 Å². The fraction of sp³-hybridized carbons (Fsp3) is 0.364. The number of nitrogens with zero attached hydrogens (tertiary/aromatic N) is 2. The predicted octanol–water partition coefficient (Wildman–Crippen LogP) is 3.09. The third-order valence-electron chi connectivity index (χ3n) is 2.15. The van der Waals surface area contributed by atoms with Gasteiger partial charge in [-0.3, -0.25) is 0 Å². The Morgan fingerprint density at radius 1 is 1.50 bits per heavy atom. The molecule has 0 bridgehead atoms. The third kappa shape index (κ3) is 3.20. The van der Waals surface area contributed by atoms with Crippen molar-refractivity contribution in [1.82, 2.24) is 4.98 Å². The Hall–Kier alpha value is -2.24. The smallest absolute Gasteiger partial charge is 0.418 e. The highest BCUT2D eigenvalue weighted by molar-refractivity contribution is 5.89. The number of pyridine rings is 1. The Labute approximate surface area is 109 Å². The predicted molar refractivity (Wildman–Crippen MR) is 54.9 cm³/mol. The first-order valence-corrected chi connectivity index (χ1v) is 5.19. The Morgan fingerprint density at radius 2 is 2.10 bits per heavy atom. The molecular weight excluding hydrogens is 287 g/mol. The highest BCUT2D eigenvalue weighted by atomic mass is 19.4. The first-order valence-electron chi connectivity index (χ1n) is 5.19. The lowest BCUT2D eigenvalue weighted by atomic mass is 10.1. The van der Waals surface area contributed by atoms with Crippen LogP contribution in [-0.4, -0.2) is 17.6 Å². The second kappa shape index (κ2) is 5.81. The van der Waals surface area contributed by atoms with Crippen molar-refractivity contribution < 1.29 is 31.5 Å². The molecule has 0 amide bonds. The fourth-order valence-corrected chi connectivity index (χ4v) is 1.35. The van der Waals surface area contributed by atoms with Gasteiger partial charge in [-0.2, -0.15) is 18.4 Å². The van der Waals surface area contributed by atoms with Crippen molar-refractivity contribution in [3.63, 3.8) is 0 Å². The molecule has 0 radical (unpaired) electrons. The molecule has 4 nitrogen and oxygen atoms in total. The number of aromatic nitrogens is 1. The molecule has 0 spiro atoms. The minimum Gasteiger partial charge on any atom is -0.461 e. The van der Waals surface area contributed by atoms with E-state index in [9.17, 15) is 26.7 Å². The van der Waals surface area contributed by atoms with Gasteiger partial charge in [-0.05, 0) is 13.0 Å². The van der Waals surface area contributed by atoms with Crippen molar-refractivity contribution >= 4 is 5.97 Å². The van der Waals surface area contributed by atoms with E-state index in [-0.39, 0.29) is 12.7 Å². The monoisotopic (exact) mass is 294 g/mol. The summed E-state index contributed by atoms with van der Waals surface area (Å²) in [7, 11) is 0. The van der Waals surface area contributed by atoms with Gasteiger partial charge in [0.15, 0.2) is 5.69 Å². The van der Waals surface area contributed by atoms with E-state index >= 15 is 0 Å². The van der Waals surface area contributed by atoms with Gasteiger partial charge in [-0.25, -0.2) is 18.6 Å². The summed E-state index contributed by atoms with van der Waals surface area (Å²) in [6.45, 7) is 1.09. The molecule has 108 valence electrons. The van der Waals surface area contributed by atoms with Crippen LogP contribution in [0.5, 0.6) is 0 Å². The summed E-state index contributed by atoms with van der Waals surface area (Å²) >= 11 is 0. The van der Waals surface area contributed by atoms with E-state index in [0.717, 1.165) is 0 Å². The Kier molecular flexibility index (Phi) is 4.60. The first kappa shape index (κ1) is 15.8. The van der Waals surface area contributed by atoms with Crippen molar-refractivity contribution in [1.29, 1.82) is 5.26 Å². The van der Waals surface area contributed by atoms with Gasteiger partial charge >= 0.3 is 12.1 Å². The molecule has 0 aliphatic carbocycles. The quantitative estimate of drug-likeness (QED) is 0.635. The molecule has 0 fully saturated rings. The van der Waals surface area contributed by atoms with Crippen LogP contribution in [0.25, 0.3) is 0 Å². The second-order valence-corrected chi connectivity index (χ2v) is 3.45. The number of ether oxygens (including phenoxy) is 1. The number of alkyl halides is 5. The summed E-state index contributed by atoms with van der Waals surface area (Å²) in [4.78, 5) is 14.3. The summed E-state index contributed by atoms with van der Waals surface area (Å²) in [5, 5.41) is 8.58. The molecule has 1 rings (SSSR count). The fourth-order valence-electron chi connectivity index (χ4n) is 1.35. The summed E-state index contributed by atoms with van der Waals surface area (Å²) in [6, 6.07) is 1.36. The second-order valence-electron chi connectivity index (χ2n) is 3.45. The average Bonchev–Trinajstić information content (AvgIpc) is 2.36. The van der Waals surface area contributed by atoms with Crippen molar-refractivity contribution in [2.45, 2.75) is 19.5 Å². The summed E-state index contributed by atoms with van der Waals surface area (Å²) < 4.78 is 67.9. The zero-order valence-electron chi connectivity index (χ0n) is 9.96. The largest absolute Gasteiger partial charge is 0.461 e. The summed E-state index contributed by atoms with van der Waals surface area (Å²) in [5.41, 5.74) is -5.01. The Bertz CT molecular complexity index is 563. The van der Waals surface area contributed by atoms with Gasteiger partial charge in [0.25, 0.3) is 6.43 Å². The van der Waals surface area contributed by atoms with Gasteiger partial charge in [-0.15, -0.1) is 0 Å². The molecule has 1 heterocycles. The van der Waals surface area contributed by atoms with Crippen LogP contribution >= 0.6 is 0 Å². The van der Waals surface area contributed by atoms with E-state index in [2.05, 4.69) is 9.72 Å². The molecule has 0 saturated heterocycles. The topological polar surface area (TPSA) is 63.0 Å². The van der Waals surface area contributed by atoms with Crippen LogP contribution in [0.3, 0.4) is 0 Å². The normalized spacial score (nSPS) is 11.3. The van der Waals surface area contributed by atoms with Crippen LogP contribution < -0.4 is 0 Å². The molecule has 1 aromatic rings. The van der Waals surface area contributed by atoms with Crippen LogP contribution in [0.4, 0.5) is 22.0 Å². The zero-order chi connectivity index (χ0) is 15.5. The SMILES string of the molecule is CCOC(=O)c1nc(C(F)F)c(C#N)cc1C(F)(F)F. The van der Waals surface area contributed by atoms with Crippen LogP contribution in [0.2, 0.25) is 0 Å². The number of nitriles is 1. The van der Waals surface area contributed by atoms with E-state index in [1.54, 1.807) is 0 Å². The average molecular weight is 294 g/mol. The van der Waals surface area contributed by atoms with Crippen molar-refractivity contribution in [3.05, 3.63) is 28.6 Å². The molecule has 0 aliphatic heterocycles. The minimum absolute atomic E-state index is 0.167. The molecule has 1 aromatic heterocycles. The van der Waals surface area contributed by atoms with E-state index < -0.39 is 41.1 Å². The molecule has 0 aliphatic rings. The molecule has 9 heteroatoms. The van der Waals surface area contributed by atoms with Crippen LogP contribution in [0.1, 0.15) is 40.7 Å². The van der Waals surface area contributed by atoms with Crippen LogP contribution in [-0.2, 0) is 10.9 Å². The Balaban J connectivity index is 3.58. The maximum absolute atomic E-state index is 12.8. The van der Waals surface area contributed by atoms with E-state index in [1.807, 2.05) is 0 Å². The zero-order valence-corrected chi connectivity index (χ0v) is 9.96. The highest BCUT2D eigenvalue weighted by Crippen LogP contribution is 2.34. The third-order valence-corrected chi connectivity index (χ3v) is 2.15. The maximum Gasteiger partial charge on any atom is 0.418 e. The summed E-state index contributed by atoms with van der Waals surface area (Å²) in [5.74, 6) is -1.48. The first-order chi connectivity index (χ1) is 9.22. The van der Waals surface area contributed by atoms with Crippen molar-refractivity contribution in [2.24, 2.45) is 0 Å². The minimum atomic E-state index is -5.03. The number of hydrogen-bond acceptors (Lipinski definition) is 4. The maximum atomic E-state index is 12.8. The Morgan fingerprint density at radius 3 is 2.50 bits per heavy atom. The number of halogens is 5. The van der Waals surface area contributed by atoms with Gasteiger partial charge in [0.2, 0.25) is 0 Å². The molecule has 0 N–H and O–H groups in total. The number of carbonyl (C=O) groups is 1. The highest BCUT2D eigenvalue weighted by Gasteiger charge is 2.38. The number of carbonyl (C=O) groups excluding carboxylic acids is 1. The van der Waals surface area contributed by atoms with E-state index in [1.165, 1.54) is 13.0 Å². The lowest BCUT2D eigenvalue weighted by molar-refractivity contribution is -0.138. The summed E-state index contributed by atoms with van der Waals surface area (Å²) in [6.07, 6.45) is -8.32. The van der Waals surface area contributed by atoms with Crippen molar-refractivity contribution in [2.75, 3.05) is 6.61 Å². The van der Waals surface area contributed by atoms with E-state index in [4.69, 9.17) is 5.26 Å². The number of rotatable bonds is 3. The van der Waals surface area contributed by atoms with Gasteiger partial charge < -0.3 is 4.74 Å². The van der Waals surface area contributed by atoms with Gasteiger partial charge in [0, 0.05) is 0 Å². The lowest BCUT2D eigenvalue weighted by Crippen LogP contribution is -2.19. The number of esters is 1. The number of hydrogen-bond donors (Lipinski definition) is 0. The molecule has 20 heavy (non-hydrogen) atoms. The molecule has 0 atom stereocenters. The standard InChI is InChI=1S/C11H7F5N2O2/c1-2-20-10(19)8-6(11(14,15)16)3-5(4-17)7(18-8)9(12)13/h3,9H,2H2,1H3. The lowest BCUT2D eigenvalue weighted by Gasteiger charge is -2.13. The van der Waals surface area contributed by atoms with Crippen LogP contribution in [0.15, 0.2) is 6.07 Å². The van der Waals surface area contributed by atoms with E-state index in [0.29, 0.717) is 0 Å². The van der Waals surface area contributed by atoms with Crippen LogP contribution in [0, 0.1) is 11.3 Å². The molecule has 0 unspecified atom stereocenters. The molecule has 0 aromatic carbocycles. The molecular formula is C11H7F5N2O2. The molecule has 0 saturated carbocycles. The van der Waals surface area contributed by atoms with Gasteiger partial charge in [-0.1, -0.05) is 0 Å².